The molecule has 0 aromatic heterocycles. The highest BCUT2D eigenvalue weighted by Crippen LogP contribution is 2.36. The summed E-state index contributed by atoms with van der Waals surface area (Å²) in [7, 11) is 0. The summed E-state index contributed by atoms with van der Waals surface area (Å²) >= 11 is 7.06. The van der Waals surface area contributed by atoms with E-state index in [2.05, 4.69) is 16.7 Å². The first-order valence-electron chi connectivity index (χ1n) is 8.65. The third-order valence-corrected chi connectivity index (χ3v) is 5.54. The summed E-state index contributed by atoms with van der Waals surface area (Å²) in [6.45, 7) is 1.98. The first-order chi connectivity index (χ1) is 13.5. The number of anilines is 1. The first-order valence-corrected chi connectivity index (χ1v) is 10.0. The van der Waals surface area contributed by atoms with Crippen LogP contribution in [0.4, 0.5) is 5.69 Å². The number of nitrogens with one attached hydrogen (secondary N) is 2. The molecule has 0 bridgehead atoms. The third-order valence-electron chi connectivity index (χ3n) is 4.29. The van der Waals surface area contributed by atoms with Gasteiger partial charge in [0, 0.05) is 23.0 Å². The molecule has 0 saturated carbocycles. The molecule has 2 aromatic carbocycles. The fourth-order valence-electron chi connectivity index (χ4n) is 2.92. The van der Waals surface area contributed by atoms with Crippen molar-refractivity contribution in [2.24, 2.45) is 0 Å². The Morgan fingerprint density at radius 2 is 2.07 bits per heavy atom. The van der Waals surface area contributed by atoms with E-state index < -0.39 is 0 Å². The van der Waals surface area contributed by atoms with Crippen molar-refractivity contribution in [2.45, 2.75) is 19.3 Å². The number of amides is 2. The van der Waals surface area contributed by atoms with Crippen LogP contribution in [0.15, 0.2) is 59.1 Å². The van der Waals surface area contributed by atoms with Gasteiger partial charge in [-0.25, -0.2) is 0 Å². The number of carbonyl (C=O) groups excluding carboxylic acids is 2. The summed E-state index contributed by atoms with van der Waals surface area (Å²) in [5, 5.41) is 16.1. The molecule has 0 radical (unpaired) electrons. The number of nitrogens with zero attached hydrogens (tertiary/aromatic N) is 1. The van der Waals surface area contributed by atoms with Crippen LogP contribution in [0, 0.1) is 18.3 Å². The molecule has 142 valence electrons. The van der Waals surface area contributed by atoms with Gasteiger partial charge in [0.25, 0.3) is 0 Å². The molecule has 0 unspecified atom stereocenters. The second kappa shape index (κ2) is 8.96. The molecule has 2 N–H and O–H groups in total. The van der Waals surface area contributed by atoms with E-state index in [-0.39, 0.29) is 29.9 Å². The zero-order valence-electron chi connectivity index (χ0n) is 15.2. The van der Waals surface area contributed by atoms with Crippen molar-refractivity contribution in [3.8, 4) is 6.07 Å². The molecule has 3 rings (SSSR count). The monoisotopic (exact) mass is 411 g/mol. The van der Waals surface area contributed by atoms with Crippen molar-refractivity contribution >= 4 is 40.9 Å². The maximum Gasteiger partial charge on any atom is 0.234 e. The highest BCUT2D eigenvalue weighted by atomic mass is 35.5. The molecule has 1 atom stereocenters. The molecule has 5 nitrogen and oxygen atoms in total. The highest BCUT2D eigenvalue weighted by molar-refractivity contribution is 8.03. The van der Waals surface area contributed by atoms with Gasteiger partial charge in [-0.15, -0.1) is 0 Å². The number of halogens is 1. The molecule has 28 heavy (non-hydrogen) atoms. The zero-order chi connectivity index (χ0) is 20.1. The lowest BCUT2D eigenvalue weighted by Crippen LogP contribution is -2.31. The summed E-state index contributed by atoms with van der Waals surface area (Å²) in [5.74, 6) is -0.655. The number of thioether (sulfide) groups is 1. The standard InChI is InChI=1S/C21H18ClN3O2S/c1-13-5-7-14(8-6-13)17-10-19(26)25-21(18(17)11-23)28-12-20(27)24-16-4-2-3-15(22)9-16/h2-9,17H,10,12H2,1H3,(H,24,27)(H,25,26)/t17-/m0/s1. The number of hydrogen-bond donors (Lipinski definition) is 2. The predicted molar refractivity (Wildman–Crippen MR) is 112 cm³/mol. The van der Waals surface area contributed by atoms with E-state index in [9.17, 15) is 14.9 Å². The van der Waals surface area contributed by atoms with Gasteiger partial charge in [-0.3, -0.25) is 9.59 Å². The Bertz CT molecular complexity index is 980. The average molecular weight is 412 g/mol. The number of nitriles is 1. The van der Waals surface area contributed by atoms with Crippen molar-refractivity contribution in [1.29, 1.82) is 5.26 Å². The molecule has 7 heteroatoms. The molecular formula is C21H18ClN3O2S. The molecule has 0 saturated heterocycles. The summed E-state index contributed by atoms with van der Waals surface area (Å²) in [5.41, 5.74) is 3.10. The largest absolute Gasteiger partial charge is 0.325 e. The van der Waals surface area contributed by atoms with Crippen molar-refractivity contribution in [3.05, 3.63) is 75.3 Å². The number of rotatable bonds is 5. The van der Waals surface area contributed by atoms with Gasteiger partial charge in [0.05, 0.1) is 22.4 Å². The predicted octanol–water partition coefficient (Wildman–Crippen LogP) is 4.36. The first kappa shape index (κ1) is 20.0. The van der Waals surface area contributed by atoms with Crippen molar-refractivity contribution < 1.29 is 9.59 Å². The van der Waals surface area contributed by atoms with Crippen LogP contribution in [0.25, 0.3) is 0 Å². The lowest BCUT2D eigenvalue weighted by Gasteiger charge is -2.25. The SMILES string of the molecule is Cc1ccc([C@@H]2CC(=O)NC(SCC(=O)Nc3cccc(Cl)c3)=C2C#N)cc1. The van der Waals surface area contributed by atoms with E-state index >= 15 is 0 Å². The molecule has 2 amide bonds. The van der Waals surface area contributed by atoms with Crippen LogP contribution in [0.2, 0.25) is 5.02 Å². The minimum atomic E-state index is -0.308. The molecule has 1 aliphatic heterocycles. The summed E-state index contributed by atoms with van der Waals surface area (Å²) < 4.78 is 0. The Morgan fingerprint density at radius 3 is 2.75 bits per heavy atom. The maximum atomic E-state index is 12.2. The van der Waals surface area contributed by atoms with Crippen molar-refractivity contribution in [2.75, 3.05) is 11.1 Å². The van der Waals surface area contributed by atoms with Gasteiger partial charge in [0.1, 0.15) is 0 Å². The van der Waals surface area contributed by atoms with Crippen LogP contribution in [-0.2, 0) is 9.59 Å². The van der Waals surface area contributed by atoms with Crippen LogP contribution in [0.1, 0.15) is 23.5 Å². The Labute approximate surface area is 172 Å². The van der Waals surface area contributed by atoms with E-state index in [1.165, 1.54) is 0 Å². The normalized spacial score (nSPS) is 16.3. The smallest absolute Gasteiger partial charge is 0.234 e. The number of allylic oxidation sites excluding steroid dienone is 1. The molecule has 1 heterocycles. The Kier molecular flexibility index (Phi) is 6.40. The lowest BCUT2D eigenvalue weighted by molar-refractivity contribution is -0.121. The van der Waals surface area contributed by atoms with Gasteiger partial charge in [0.15, 0.2) is 0 Å². The van der Waals surface area contributed by atoms with Gasteiger partial charge in [0.2, 0.25) is 11.8 Å². The van der Waals surface area contributed by atoms with Crippen LogP contribution in [-0.4, -0.2) is 17.6 Å². The van der Waals surface area contributed by atoms with E-state index in [0.717, 1.165) is 22.9 Å². The Balaban J connectivity index is 1.74. The van der Waals surface area contributed by atoms with Crippen LogP contribution < -0.4 is 10.6 Å². The topological polar surface area (TPSA) is 82.0 Å². The Hall–Kier alpha value is -2.75. The number of aryl methyl sites for hydroxylation is 1. The number of carbonyl (C=O) groups is 2. The van der Waals surface area contributed by atoms with Gasteiger partial charge >= 0.3 is 0 Å². The number of benzene rings is 2. The Morgan fingerprint density at radius 1 is 1.32 bits per heavy atom. The maximum absolute atomic E-state index is 12.2. The molecule has 0 spiro atoms. The lowest BCUT2D eigenvalue weighted by atomic mass is 9.87. The minimum absolute atomic E-state index is 0.0634. The third kappa shape index (κ3) is 4.94. The van der Waals surface area contributed by atoms with Crippen LogP contribution in [0.3, 0.4) is 0 Å². The molecule has 1 aliphatic rings. The molecule has 0 fully saturated rings. The molecular weight excluding hydrogens is 394 g/mol. The van der Waals surface area contributed by atoms with Crippen molar-refractivity contribution in [3.63, 3.8) is 0 Å². The number of hydrogen-bond acceptors (Lipinski definition) is 4. The fraction of sp³-hybridized carbons (Fsp3) is 0.190. The van der Waals surface area contributed by atoms with E-state index in [0.29, 0.717) is 21.3 Å². The molecule has 2 aromatic rings. The van der Waals surface area contributed by atoms with Crippen molar-refractivity contribution in [1.82, 2.24) is 5.32 Å². The van der Waals surface area contributed by atoms with E-state index in [4.69, 9.17) is 11.6 Å². The second-order valence-corrected chi connectivity index (χ2v) is 7.84. The average Bonchev–Trinajstić information content (AvgIpc) is 2.66. The molecule has 0 aliphatic carbocycles. The zero-order valence-corrected chi connectivity index (χ0v) is 16.7. The van der Waals surface area contributed by atoms with Gasteiger partial charge in [-0.05, 0) is 30.7 Å². The fourth-order valence-corrected chi connectivity index (χ4v) is 3.98. The highest BCUT2D eigenvalue weighted by Gasteiger charge is 2.29. The van der Waals surface area contributed by atoms with Crippen LogP contribution >= 0.6 is 23.4 Å². The summed E-state index contributed by atoms with van der Waals surface area (Å²) in [4.78, 5) is 24.4. The van der Waals surface area contributed by atoms with Gasteiger partial charge in [-0.2, -0.15) is 5.26 Å². The van der Waals surface area contributed by atoms with Crippen LogP contribution in [0.5, 0.6) is 0 Å². The minimum Gasteiger partial charge on any atom is -0.325 e. The second-order valence-electron chi connectivity index (χ2n) is 6.42. The summed E-state index contributed by atoms with van der Waals surface area (Å²) in [6.07, 6.45) is 0.213. The quantitative estimate of drug-likeness (QED) is 0.765. The van der Waals surface area contributed by atoms with E-state index in [1.54, 1.807) is 24.3 Å². The van der Waals surface area contributed by atoms with Gasteiger partial charge in [-0.1, -0.05) is 59.3 Å². The van der Waals surface area contributed by atoms with E-state index in [1.807, 2.05) is 31.2 Å². The summed E-state index contributed by atoms with van der Waals surface area (Å²) in [6, 6.07) is 16.9. The van der Waals surface area contributed by atoms with Gasteiger partial charge < -0.3 is 10.6 Å².